The third-order valence-corrected chi connectivity index (χ3v) is 4.93. The van der Waals surface area contributed by atoms with Gasteiger partial charge in [-0.25, -0.2) is 0 Å². The number of likely N-dealkylation sites (tertiary alicyclic amines) is 1. The summed E-state index contributed by atoms with van der Waals surface area (Å²) in [4.78, 5) is 7.01. The average molecular weight is 335 g/mol. The Morgan fingerprint density at radius 1 is 1.25 bits per heavy atom. The number of hydrogen-bond donors (Lipinski definition) is 1. The van der Waals surface area contributed by atoms with Gasteiger partial charge in [-0.3, -0.25) is 4.90 Å². The van der Waals surface area contributed by atoms with Gasteiger partial charge in [-0.1, -0.05) is 18.2 Å². The van der Waals surface area contributed by atoms with Gasteiger partial charge < -0.3 is 19.6 Å². The van der Waals surface area contributed by atoms with Gasteiger partial charge in [0.25, 0.3) is 0 Å². The van der Waals surface area contributed by atoms with Gasteiger partial charge in [0.2, 0.25) is 0 Å². The number of para-hydroxylation sites is 1. The number of hydrogen-bond acceptors (Lipinski definition) is 5. The minimum atomic E-state index is -0.446. The Morgan fingerprint density at radius 3 is 2.58 bits per heavy atom. The van der Waals surface area contributed by atoms with Crippen LogP contribution in [0, 0.1) is 0 Å². The van der Waals surface area contributed by atoms with E-state index in [1.54, 1.807) is 7.11 Å². The molecule has 1 aromatic rings. The summed E-state index contributed by atoms with van der Waals surface area (Å²) in [5, 5.41) is 9.92. The van der Waals surface area contributed by atoms with Crippen molar-refractivity contribution in [1.29, 1.82) is 0 Å². The number of likely N-dealkylation sites (N-methyl/N-ethyl adjacent to an activating group) is 1. The summed E-state index contributed by atoms with van der Waals surface area (Å²) < 4.78 is 5.02. The first-order chi connectivity index (χ1) is 11.5. The lowest BCUT2D eigenvalue weighted by atomic mass is 10.0. The molecule has 1 fully saturated rings. The summed E-state index contributed by atoms with van der Waals surface area (Å²) in [5.74, 6) is 0. The van der Waals surface area contributed by atoms with Gasteiger partial charge in [0.15, 0.2) is 0 Å². The van der Waals surface area contributed by atoms with E-state index in [-0.39, 0.29) is 0 Å². The topological polar surface area (TPSA) is 39.2 Å². The fourth-order valence-corrected chi connectivity index (χ4v) is 3.53. The number of methoxy groups -OCH3 is 1. The van der Waals surface area contributed by atoms with Crippen LogP contribution in [0.1, 0.15) is 18.4 Å². The number of aliphatic hydroxyl groups is 1. The SMILES string of the molecule is COCC(O)CN(C)Cc1ccccc1N(C)C1CCN(C)CC1. The van der Waals surface area contributed by atoms with E-state index in [2.05, 4.69) is 53.1 Å². The summed E-state index contributed by atoms with van der Waals surface area (Å²) in [6, 6.07) is 9.23. The number of aliphatic hydroxyl groups excluding tert-OH is 1. The summed E-state index contributed by atoms with van der Waals surface area (Å²) in [6.45, 7) is 4.15. The van der Waals surface area contributed by atoms with Crippen molar-refractivity contribution >= 4 is 5.69 Å². The highest BCUT2D eigenvalue weighted by atomic mass is 16.5. The minimum Gasteiger partial charge on any atom is -0.389 e. The monoisotopic (exact) mass is 335 g/mol. The standard InChI is InChI=1S/C19H33N3O2/c1-20-11-9-17(10-12-20)22(3)19-8-6-5-7-16(19)13-21(2)14-18(23)15-24-4/h5-8,17-18,23H,9-15H2,1-4H3. The Bertz CT molecular complexity index is 489. The Hall–Kier alpha value is -1.14. The van der Waals surface area contributed by atoms with Crippen LogP contribution in [0.5, 0.6) is 0 Å². The largest absolute Gasteiger partial charge is 0.389 e. The molecular formula is C19H33N3O2. The highest BCUT2D eigenvalue weighted by Crippen LogP contribution is 2.26. The molecule has 2 rings (SSSR count). The smallest absolute Gasteiger partial charge is 0.0900 e. The van der Waals surface area contributed by atoms with E-state index in [0.29, 0.717) is 19.2 Å². The van der Waals surface area contributed by atoms with Crippen LogP contribution in [-0.2, 0) is 11.3 Å². The fourth-order valence-electron chi connectivity index (χ4n) is 3.53. The quantitative estimate of drug-likeness (QED) is 0.782. The summed E-state index contributed by atoms with van der Waals surface area (Å²) in [5.41, 5.74) is 2.62. The summed E-state index contributed by atoms with van der Waals surface area (Å²) in [6.07, 6.45) is 1.98. The van der Waals surface area contributed by atoms with E-state index in [1.807, 2.05) is 7.05 Å². The predicted molar refractivity (Wildman–Crippen MR) is 99.6 cm³/mol. The zero-order valence-corrected chi connectivity index (χ0v) is 15.6. The predicted octanol–water partition coefficient (Wildman–Crippen LogP) is 1.66. The zero-order chi connectivity index (χ0) is 17.5. The molecule has 1 heterocycles. The molecule has 0 bridgehead atoms. The molecule has 0 spiro atoms. The Kier molecular flexibility index (Phi) is 7.49. The Labute approximate surface area is 146 Å². The number of anilines is 1. The number of ether oxygens (including phenoxy) is 1. The van der Waals surface area contributed by atoms with Gasteiger partial charge >= 0.3 is 0 Å². The third kappa shape index (κ3) is 5.45. The zero-order valence-electron chi connectivity index (χ0n) is 15.6. The molecule has 1 aliphatic rings. The van der Waals surface area contributed by atoms with Gasteiger partial charge in [0.1, 0.15) is 0 Å². The first kappa shape index (κ1) is 19.2. The Morgan fingerprint density at radius 2 is 1.92 bits per heavy atom. The van der Waals surface area contributed by atoms with E-state index >= 15 is 0 Å². The molecule has 0 saturated carbocycles. The molecule has 24 heavy (non-hydrogen) atoms. The molecule has 1 aliphatic heterocycles. The van der Waals surface area contributed by atoms with Gasteiger partial charge in [-0.05, 0) is 51.7 Å². The lowest BCUT2D eigenvalue weighted by molar-refractivity contribution is 0.0419. The van der Waals surface area contributed by atoms with E-state index in [4.69, 9.17) is 4.74 Å². The maximum absolute atomic E-state index is 9.92. The second kappa shape index (κ2) is 9.37. The van der Waals surface area contributed by atoms with Crippen LogP contribution in [-0.4, -0.2) is 81.5 Å². The van der Waals surface area contributed by atoms with Crippen molar-refractivity contribution in [3.8, 4) is 0 Å². The molecular weight excluding hydrogens is 302 g/mol. The second-order valence-corrected chi connectivity index (χ2v) is 7.08. The van der Waals surface area contributed by atoms with Crippen LogP contribution < -0.4 is 4.90 Å². The normalized spacial score (nSPS) is 18.1. The molecule has 5 heteroatoms. The van der Waals surface area contributed by atoms with Crippen molar-refractivity contribution < 1.29 is 9.84 Å². The molecule has 0 aliphatic carbocycles. The Balaban J connectivity index is 2.01. The van der Waals surface area contributed by atoms with E-state index < -0.39 is 6.10 Å². The van der Waals surface area contributed by atoms with Crippen LogP contribution >= 0.6 is 0 Å². The van der Waals surface area contributed by atoms with Crippen molar-refractivity contribution in [2.24, 2.45) is 0 Å². The van der Waals surface area contributed by atoms with E-state index in [1.165, 1.54) is 37.2 Å². The van der Waals surface area contributed by atoms with Crippen LogP contribution in [0.2, 0.25) is 0 Å². The number of nitrogens with zero attached hydrogens (tertiary/aromatic N) is 3. The highest BCUT2D eigenvalue weighted by Gasteiger charge is 2.22. The van der Waals surface area contributed by atoms with Crippen LogP contribution in [0.15, 0.2) is 24.3 Å². The lowest BCUT2D eigenvalue weighted by Gasteiger charge is -2.37. The first-order valence-electron chi connectivity index (χ1n) is 8.86. The van der Waals surface area contributed by atoms with Gasteiger partial charge in [-0.2, -0.15) is 0 Å². The van der Waals surface area contributed by atoms with E-state index in [0.717, 1.165) is 6.54 Å². The van der Waals surface area contributed by atoms with Gasteiger partial charge in [0, 0.05) is 39.0 Å². The van der Waals surface area contributed by atoms with Gasteiger partial charge in [0.05, 0.1) is 12.7 Å². The molecule has 0 amide bonds. The molecule has 1 atom stereocenters. The molecule has 0 aromatic heterocycles. The van der Waals surface area contributed by atoms with Crippen LogP contribution in [0.4, 0.5) is 5.69 Å². The summed E-state index contributed by atoms with van der Waals surface area (Å²) >= 11 is 0. The minimum absolute atomic E-state index is 0.376. The maximum Gasteiger partial charge on any atom is 0.0900 e. The molecule has 5 nitrogen and oxygen atoms in total. The number of piperidine rings is 1. The lowest BCUT2D eigenvalue weighted by Crippen LogP contribution is -2.42. The van der Waals surface area contributed by atoms with Crippen molar-refractivity contribution in [3.05, 3.63) is 29.8 Å². The van der Waals surface area contributed by atoms with Crippen molar-refractivity contribution in [2.75, 3.05) is 59.4 Å². The molecule has 0 radical (unpaired) electrons. The molecule has 1 saturated heterocycles. The number of rotatable bonds is 8. The fraction of sp³-hybridized carbons (Fsp3) is 0.684. The molecule has 1 unspecified atom stereocenters. The second-order valence-electron chi connectivity index (χ2n) is 7.08. The van der Waals surface area contributed by atoms with Crippen molar-refractivity contribution in [1.82, 2.24) is 9.80 Å². The van der Waals surface area contributed by atoms with Crippen molar-refractivity contribution in [3.63, 3.8) is 0 Å². The number of benzene rings is 1. The third-order valence-electron chi connectivity index (χ3n) is 4.93. The van der Waals surface area contributed by atoms with Crippen molar-refractivity contribution in [2.45, 2.75) is 31.5 Å². The van der Waals surface area contributed by atoms with Crippen LogP contribution in [0.25, 0.3) is 0 Å². The average Bonchev–Trinajstić information content (AvgIpc) is 2.55. The first-order valence-corrected chi connectivity index (χ1v) is 8.86. The van der Waals surface area contributed by atoms with E-state index in [9.17, 15) is 5.11 Å². The molecule has 1 N–H and O–H groups in total. The maximum atomic E-state index is 9.92. The highest BCUT2D eigenvalue weighted by molar-refractivity contribution is 5.54. The van der Waals surface area contributed by atoms with Crippen LogP contribution in [0.3, 0.4) is 0 Å². The molecule has 1 aromatic carbocycles. The molecule has 136 valence electrons. The summed E-state index contributed by atoms with van der Waals surface area (Å²) in [7, 11) is 8.08. The van der Waals surface area contributed by atoms with Gasteiger partial charge in [-0.15, -0.1) is 0 Å².